The van der Waals surface area contributed by atoms with Crippen LogP contribution >= 0.6 is 0 Å². The number of hydrogen-bond donors (Lipinski definition) is 0. The van der Waals surface area contributed by atoms with E-state index in [1.54, 1.807) is 0 Å². The average molecular weight is 298 g/mol. The molecule has 2 aromatic carbocycles. The fourth-order valence-corrected chi connectivity index (χ4v) is 3.07. The first-order valence-electron chi connectivity index (χ1n) is 7.73. The van der Waals surface area contributed by atoms with Gasteiger partial charge in [-0.05, 0) is 64.8 Å². The topological polar surface area (TPSA) is 0 Å². The second-order valence-electron chi connectivity index (χ2n) is 5.46. The summed E-state index contributed by atoms with van der Waals surface area (Å²) in [5.74, 6) is 2.81. The normalized spacial score (nSPS) is 10.6. The third-order valence-corrected chi connectivity index (χ3v) is 4.07. The number of rotatable bonds is 4. The zero-order valence-electron chi connectivity index (χ0n) is 13.6. The fraction of sp³-hybridized carbons (Fsp3) is 0.130. The lowest BCUT2D eigenvalue weighted by Crippen LogP contribution is -1.92. The molecule has 23 heavy (non-hydrogen) atoms. The predicted octanol–water partition coefficient (Wildman–Crippen LogP) is 5.50. The molecule has 3 rings (SSSR count). The van der Waals surface area contributed by atoms with Crippen molar-refractivity contribution < 1.29 is 0 Å². The summed E-state index contributed by atoms with van der Waals surface area (Å²) in [6.07, 6.45) is 12.2. The highest BCUT2D eigenvalue weighted by Crippen LogP contribution is 2.38. The van der Waals surface area contributed by atoms with Gasteiger partial charge in [-0.25, -0.2) is 0 Å². The van der Waals surface area contributed by atoms with Gasteiger partial charge in [0.25, 0.3) is 0 Å². The summed E-state index contributed by atoms with van der Waals surface area (Å²) in [5.41, 5.74) is 8.88. The first-order chi connectivity index (χ1) is 11.3. The van der Waals surface area contributed by atoms with Crippen LogP contribution in [0.3, 0.4) is 0 Å². The zero-order chi connectivity index (χ0) is 16.8. The third kappa shape index (κ3) is 3.20. The molecule has 0 heteroatoms. The summed E-state index contributed by atoms with van der Waals surface area (Å²) in [7, 11) is 0. The van der Waals surface area contributed by atoms with Gasteiger partial charge in [-0.15, -0.1) is 32.7 Å². The van der Waals surface area contributed by atoms with E-state index in [0.29, 0.717) is 0 Å². The highest BCUT2D eigenvalue weighted by Gasteiger charge is 2.20. The van der Waals surface area contributed by atoms with Crippen molar-refractivity contribution in [2.24, 2.45) is 0 Å². The second kappa shape index (κ2) is 7.47. The van der Waals surface area contributed by atoms with Gasteiger partial charge in [-0.1, -0.05) is 36.3 Å². The third-order valence-electron chi connectivity index (χ3n) is 4.07. The Bertz CT molecular complexity index is 784. The highest BCUT2D eigenvalue weighted by molar-refractivity contribution is 5.79. The lowest BCUT2D eigenvalue weighted by molar-refractivity contribution is 1.21. The Morgan fingerprint density at radius 1 is 0.957 bits per heavy atom. The van der Waals surface area contributed by atoms with Crippen LogP contribution in [0.4, 0.5) is 0 Å². The Balaban J connectivity index is 0.000000924. The molecule has 0 spiro atoms. The Kier molecular flexibility index (Phi) is 5.39. The monoisotopic (exact) mass is 298 g/mol. The molecule has 0 heterocycles. The molecule has 0 radical (unpaired) electrons. The van der Waals surface area contributed by atoms with Crippen LogP contribution in [0.1, 0.15) is 27.8 Å². The van der Waals surface area contributed by atoms with Gasteiger partial charge in [-0.3, -0.25) is 0 Å². The van der Waals surface area contributed by atoms with E-state index in [-0.39, 0.29) is 0 Å². The summed E-state index contributed by atoms with van der Waals surface area (Å²) >= 11 is 0. The predicted molar refractivity (Wildman–Crippen MR) is 102 cm³/mol. The largest absolute Gasteiger partial charge is 0.115 e. The number of hydrogen-bond acceptors (Lipinski definition) is 0. The van der Waals surface area contributed by atoms with Crippen LogP contribution in [-0.2, 0) is 19.3 Å². The Labute approximate surface area is 139 Å². The van der Waals surface area contributed by atoms with E-state index in [2.05, 4.69) is 62.6 Å². The standard InChI is InChI=1S/C21H18.C2H4/c1-4-7-15-9-10-18-13-19-12-16(6-3)17(8-5-2)14-21(19)20(18)11-15;1-2/h3-5,9-12,14H,1-2,7-8,13H2;1-2H2. The Morgan fingerprint density at radius 3 is 2.30 bits per heavy atom. The second-order valence-corrected chi connectivity index (χ2v) is 5.46. The molecule has 0 unspecified atom stereocenters. The minimum atomic E-state index is 0.814. The van der Waals surface area contributed by atoms with Crippen LogP contribution in [0.5, 0.6) is 0 Å². The van der Waals surface area contributed by atoms with Gasteiger partial charge in [-0.2, -0.15) is 0 Å². The highest BCUT2D eigenvalue weighted by atomic mass is 14.2. The molecule has 0 N–H and O–H groups in total. The van der Waals surface area contributed by atoms with Gasteiger partial charge in [0.05, 0.1) is 0 Å². The maximum Gasteiger partial charge on any atom is 0.0281 e. The molecular formula is C23H22. The van der Waals surface area contributed by atoms with Crippen molar-refractivity contribution >= 4 is 0 Å². The summed E-state index contributed by atoms with van der Waals surface area (Å²) in [4.78, 5) is 0. The zero-order valence-corrected chi connectivity index (χ0v) is 13.6. The molecule has 0 atom stereocenters. The first kappa shape index (κ1) is 16.6. The number of allylic oxidation sites excluding steroid dienone is 2. The van der Waals surface area contributed by atoms with Crippen molar-refractivity contribution in [1.82, 2.24) is 0 Å². The molecule has 2 aromatic rings. The van der Waals surface area contributed by atoms with Gasteiger partial charge in [0, 0.05) is 5.56 Å². The van der Waals surface area contributed by atoms with Gasteiger partial charge in [0.2, 0.25) is 0 Å². The molecular weight excluding hydrogens is 276 g/mol. The van der Waals surface area contributed by atoms with Crippen molar-refractivity contribution in [3.8, 4) is 23.5 Å². The van der Waals surface area contributed by atoms with Crippen LogP contribution in [0.15, 0.2) is 68.8 Å². The first-order valence-corrected chi connectivity index (χ1v) is 7.73. The molecule has 0 fully saturated rings. The molecule has 0 aliphatic heterocycles. The molecule has 0 saturated carbocycles. The molecule has 114 valence electrons. The maximum absolute atomic E-state index is 5.65. The maximum atomic E-state index is 5.65. The number of terminal acetylenes is 1. The van der Waals surface area contributed by atoms with E-state index in [1.807, 2.05) is 12.2 Å². The smallest absolute Gasteiger partial charge is 0.0281 e. The van der Waals surface area contributed by atoms with E-state index < -0.39 is 0 Å². The van der Waals surface area contributed by atoms with E-state index in [9.17, 15) is 0 Å². The number of fused-ring (bicyclic) bond motifs is 3. The average Bonchev–Trinajstić information content (AvgIpc) is 2.93. The van der Waals surface area contributed by atoms with E-state index in [0.717, 1.165) is 24.8 Å². The van der Waals surface area contributed by atoms with Crippen molar-refractivity contribution in [1.29, 1.82) is 0 Å². The van der Waals surface area contributed by atoms with E-state index in [4.69, 9.17) is 6.42 Å². The Morgan fingerprint density at radius 2 is 1.65 bits per heavy atom. The van der Waals surface area contributed by atoms with E-state index in [1.165, 1.54) is 33.4 Å². The minimum Gasteiger partial charge on any atom is -0.115 e. The van der Waals surface area contributed by atoms with Gasteiger partial charge < -0.3 is 0 Å². The van der Waals surface area contributed by atoms with E-state index >= 15 is 0 Å². The minimum absolute atomic E-state index is 0.814. The van der Waals surface area contributed by atoms with Crippen LogP contribution in [-0.4, -0.2) is 0 Å². The molecule has 0 nitrogen and oxygen atoms in total. The van der Waals surface area contributed by atoms with Crippen molar-refractivity contribution in [3.63, 3.8) is 0 Å². The van der Waals surface area contributed by atoms with Crippen molar-refractivity contribution in [2.75, 3.05) is 0 Å². The van der Waals surface area contributed by atoms with Gasteiger partial charge in [0.15, 0.2) is 0 Å². The molecule has 1 aliphatic rings. The van der Waals surface area contributed by atoms with Crippen molar-refractivity contribution in [3.05, 3.63) is 96.6 Å². The lowest BCUT2D eigenvalue weighted by atomic mass is 9.96. The fourth-order valence-electron chi connectivity index (χ4n) is 3.07. The Hall–Kier alpha value is -2.78. The SMILES string of the molecule is C#Cc1cc2c(cc1CC=C)-c1cc(CC=C)ccc1C2.C=C. The molecule has 1 aliphatic carbocycles. The summed E-state index contributed by atoms with van der Waals surface area (Å²) < 4.78 is 0. The summed E-state index contributed by atoms with van der Waals surface area (Å²) in [6, 6.07) is 11.1. The molecule has 0 aromatic heterocycles. The van der Waals surface area contributed by atoms with Gasteiger partial charge >= 0.3 is 0 Å². The van der Waals surface area contributed by atoms with Crippen LogP contribution in [0, 0.1) is 12.3 Å². The van der Waals surface area contributed by atoms with Crippen LogP contribution in [0.2, 0.25) is 0 Å². The van der Waals surface area contributed by atoms with Crippen LogP contribution in [0.25, 0.3) is 11.1 Å². The quantitative estimate of drug-likeness (QED) is 0.441. The number of benzene rings is 2. The van der Waals surface area contributed by atoms with Crippen molar-refractivity contribution in [2.45, 2.75) is 19.3 Å². The molecule has 0 bridgehead atoms. The van der Waals surface area contributed by atoms with Gasteiger partial charge in [0.1, 0.15) is 0 Å². The van der Waals surface area contributed by atoms with Crippen LogP contribution < -0.4 is 0 Å². The molecule has 0 saturated heterocycles. The molecule has 0 amide bonds. The lowest BCUT2D eigenvalue weighted by Gasteiger charge is -2.08. The summed E-state index contributed by atoms with van der Waals surface area (Å²) in [6.45, 7) is 13.6. The summed E-state index contributed by atoms with van der Waals surface area (Å²) in [5, 5.41) is 0.